The number of anilines is 2. The second-order valence-electron chi connectivity index (χ2n) is 10.7. The molecule has 2 saturated heterocycles. The molecule has 0 radical (unpaired) electrons. The molecule has 13 heteroatoms. The molecule has 1 atom stereocenters. The zero-order chi connectivity index (χ0) is 30.7. The van der Waals surface area contributed by atoms with E-state index in [0.717, 1.165) is 39.8 Å². The number of piperazine rings is 1. The monoisotopic (exact) mass is 619 g/mol. The maximum atomic E-state index is 13.9. The first-order valence-electron chi connectivity index (χ1n) is 14.3. The molecule has 9 nitrogen and oxygen atoms in total. The average Bonchev–Trinajstić information content (AvgIpc) is 3.47. The average molecular weight is 620 g/mol. The third kappa shape index (κ3) is 6.69. The summed E-state index contributed by atoms with van der Waals surface area (Å²) in [7, 11) is 0. The smallest absolute Gasteiger partial charge is 0.433 e. The van der Waals surface area contributed by atoms with Crippen LogP contribution in [0.25, 0.3) is 11.1 Å². The van der Waals surface area contributed by atoms with Gasteiger partial charge in [0.15, 0.2) is 5.69 Å². The standard InChI is InChI=1S/C30H33ClF3N5O4/c1-2-16-43-29(42)37-14-12-36(13-15-37)22-8-5-20(6-9-22)24-10-7-21(31)17-26(24)38-11-3-4-23(19-38)39-27(30(32,33)34)25(18-35-39)28(40)41/h5-10,17-18,23H,2-4,11-16,19H2,1H3,(H,40,41). The molecule has 230 valence electrons. The topological polar surface area (TPSA) is 91.1 Å². The van der Waals surface area contributed by atoms with Crippen LogP contribution in [0.2, 0.25) is 5.02 Å². The lowest BCUT2D eigenvalue weighted by Gasteiger charge is -2.36. The van der Waals surface area contributed by atoms with Gasteiger partial charge in [0, 0.05) is 61.2 Å². The van der Waals surface area contributed by atoms with Crippen LogP contribution in [0.4, 0.5) is 29.3 Å². The van der Waals surface area contributed by atoms with Crippen molar-refractivity contribution in [2.24, 2.45) is 0 Å². The first kappa shape index (κ1) is 30.5. The molecule has 1 N–H and O–H groups in total. The molecule has 2 fully saturated rings. The molecule has 2 aliphatic heterocycles. The van der Waals surface area contributed by atoms with Crippen LogP contribution in [-0.4, -0.2) is 77.7 Å². The van der Waals surface area contributed by atoms with Crippen LogP contribution >= 0.6 is 11.6 Å². The van der Waals surface area contributed by atoms with E-state index >= 15 is 0 Å². The minimum Gasteiger partial charge on any atom is -0.478 e. The predicted octanol–water partition coefficient (Wildman–Crippen LogP) is 6.43. The molecule has 2 aliphatic rings. The first-order valence-corrected chi connectivity index (χ1v) is 14.6. The highest BCUT2D eigenvalue weighted by Crippen LogP contribution is 2.39. The summed E-state index contributed by atoms with van der Waals surface area (Å²) >= 11 is 6.39. The SMILES string of the molecule is CCCOC(=O)N1CCN(c2ccc(-c3ccc(Cl)cc3N3CCCC(n4ncc(C(=O)O)c4C(F)(F)F)C3)cc2)CC1. The highest BCUT2D eigenvalue weighted by molar-refractivity contribution is 6.31. The van der Waals surface area contributed by atoms with E-state index in [0.29, 0.717) is 57.2 Å². The summed E-state index contributed by atoms with van der Waals surface area (Å²) in [6.07, 6.45) is -2.57. The van der Waals surface area contributed by atoms with Gasteiger partial charge in [-0.05, 0) is 49.1 Å². The number of piperidine rings is 1. The molecule has 0 aliphatic carbocycles. The number of nitrogens with zero attached hydrogens (tertiary/aromatic N) is 5. The Bertz CT molecular complexity index is 1450. The van der Waals surface area contributed by atoms with Crippen LogP contribution in [0.3, 0.4) is 0 Å². The van der Waals surface area contributed by atoms with Crippen molar-refractivity contribution in [3.05, 3.63) is 64.9 Å². The Morgan fingerprint density at radius 2 is 1.77 bits per heavy atom. The van der Waals surface area contributed by atoms with Gasteiger partial charge in [0.2, 0.25) is 0 Å². The van der Waals surface area contributed by atoms with Crippen molar-refractivity contribution in [3.8, 4) is 11.1 Å². The zero-order valence-electron chi connectivity index (χ0n) is 23.7. The van der Waals surface area contributed by atoms with Crippen LogP contribution in [0.5, 0.6) is 0 Å². The predicted molar refractivity (Wildman–Crippen MR) is 157 cm³/mol. The number of benzene rings is 2. The Labute approximate surface area is 252 Å². The highest BCUT2D eigenvalue weighted by atomic mass is 35.5. The van der Waals surface area contributed by atoms with Gasteiger partial charge in [-0.2, -0.15) is 18.3 Å². The Morgan fingerprint density at radius 3 is 2.42 bits per heavy atom. The van der Waals surface area contributed by atoms with E-state index in [9.17, 15) is 27.9 Å². The van der Waals surface area contributed by atoms with Gasteiger partial charge in [-0.3, -0.25) is 4.68 Å². The minimum absolute atomic E-state index is 0.209. The quantitative estimate of drug-likeness (QED) is 0.326. The maximum Gasteiger partial charge on any atom is 0.433 e. The number of alkyl halides is 3. The largest absolute Gasteiger partial charge is 0.478 e. The number of ether oxygens (including phenoxy) is 1. The Hall–Kier alpha value is -3.93. The lowest BCUT2D eigenvalue weighted by Crippen LogP contribution is -2.49. The van der Waals surface area contributed by atoms with Crippen molar-refractivity contribution in [2.45, 2.75) is 38.4 Å². The fourth-order valence-corrected chi connectivity index (χ4v) is 5.91. The minimum atomic E-state index is -4.86. The second kappa shape index (κ2) is 12.7. The number of rotatable bonds is 7. The Balaban J connectivity index is 1.34. The summed E-state index contributed by atoms with van der Waals surface area (Å²) in [4.78, 5) is 29.6. The van der Waals surface area contributed by atoms with Gasteiger partial charge in [0.1, 0.15) is 5.56 Å². The van der Waals surface area contributed by atoms with Gasteiger partial charge in [-0.15, -0.1) is 0 Å². The number of aromatic carboxylic acids is 1. The van der Waals surface area contributed by atoms with E-state index in [2.05, 4.69) is 10.00 Å². The van der Waals surface area contributed by atoms with Crippen LogP contribution in [0.1, 0.15) is 48.3 Å². The molecular weight excluding hydrogens is 587 g/mol. The Morgan fingerprint density at radius 1 is 1.05 bits per heavy atom. The first-order chi connectivity index (χ1) is 20.6. The van der Waals surface area contributed by atoms with E-state index < -0.39 is 29.4 Å². The third-order valence-corrected chi connectivity index (χ3v) is 8.08. The molecule has 1 amide bonds. The molecule has 3 heterocycles. The molecule has 0 saturated carbocycles. The van der Waals surface area contributed by atoms with E-state index in [1.807, 2.05) is 42.2 Å². The molecular formula is C30H33ClF3N5O4. The van der Waals surface area contributed by atoms with Crippen molar-refractivity contribution in [3.63, 3.8) is 0 Å². The molecule has 0 spiro atoms. The van der Waals surface area contributed by atoms with E-state index in [4.69, 9.17) is 16.3 Å². The summed E-state index contributed by atoms with van der Waals surface area (Å²) in [6, 6.07) is 12.8. The van der Waals surface area contributed by atoms with Gasteiger partial charge in [-0.1, -0.05) is 36.7 Å². The number of halogens is 4. The summed E-state index contributed by atoms with van der Waals surface area (Å²) in [5.41, 5.74) is 1.50. The molecule has 1 unspecified atom stereocenters. The number of carboxylic acids is 1. The van der Waals surface area contributed by atoms with Crippen molar-refractivity contribution in [1.82, 2.24) is 14.7 Å². The fourth-order valence-electron chi connectivity index (χ4n) is 5.74. The van der Waals surface area contributed by atoms with Crippen LogP contribution < -0.4 is 9.80 Å². The van der Waals surface area contributed by atoms with Gasteiger partial charge >= 0.3 is 18.2 Å². The van der Waals surface area contributed by atoms with E-state index in [1.54, 1.807) is 17.0 Å². The number of carboxylic acid groups (broad SMARTS) is 1. The normalized spacial score (nSPS) is 17.7. The molecule has 0 bridgehead atoms. The number of carbonyl (C=O) groups is 2. The summed E-state index contributed by atoms with van der Waals surface area (Å²) < 4.78 is 47.8. The van der Waals surface area contributed by atoms with Crippen molar-refractivity contribution in [2.75, 3.05) is 55.7 Å². The molecule has 1 aromatic heterocycles. The molecule has 2 aromatic carbocycles. The molecule has 3 aromatic rings. The summed E-state index contributed by atoms with van der Waals surface area (Å²) in [5.74, 6) is -1.66. The van der Waals surface area contributed by atoms with Gasteiger partial charge < -0.3 is 24.5 Å². The van der Waals surface area contributed by atoms with Crippen molar-refractivity contribution < 1.29 is 32.6 Å². The van der Waals surface area contributed by atoms with Crippen LogP contribution in [-0.2, 0) is 10.9 Å². The highest BCUT2D eigenvalue weighted by Gasteiger charge is 2.42. The van der Waals surface area contributed by atoms with Gasteiger partial charge in [0.05, 0.1) is 18.8 Å². The fraction of sp³-hybridized carbons (Fsp3) is 0.433. The van der Waals surface area contributed by atoms with Gasteiger partial charge in [0.25, 0.3) is 0 Å². The number of aromatic nitrogens is 2. The third-order valence-electron chi connectivity index (χ3n) is 7.85. The molecule has 5 rings (SSSR count). The Kier molecular flexibility index (Phi) is 9.05. The molecule has 43 heavy (non-hydrogen) atoms. The van der Waals surface area contributed by atoms with Crippen LogP contribution in [0, 0.1) is 0 Å². The number of hydrogen-bond acceptors (Lipinski definition) is 6. The maximum absolute atomic E-state index is 13.9. The number of hydrogen-bond donors (Lipinski definition) is 1. The second-order valence-corrected chi connectivity index (χ2v) is 11.1. The zero-order valence-corrected chi connectivity index (χ0v) is 24.4. The van der Waals surface area contributed by atoms with Gasteiger partial charge in [-0.25, -0.2) is 9.59 Å². The van der Waals surface area contributed by atoms with Crippen molar-refractivity contribution in [1.29, 1.82) is 0 Å². The lowest BCUT2D eigenvalue weighted by molar-refractivity contribution is -0.145. The van der Waals surface area contributed by atoms with E-state index in [-0.39, 0.29) is 12.6 Å². The lowest BCUT2D eigenvalue weighted by atomic mass is 9.99. The summed E-state index contributed by atoms with van der Waals surface area (Å²) in [6.45, 7) is 5.68. The van der Waals surface area contributed by atoms with Crippen molar-refractivity contribution >= 4 is 35.0 Å². The van der Waals surface area contributed by atoms with Crippen LogP contribution in [0.15, 0.2) is 48.7 Å². The number of carbonyl (C=O) groups excluding carboxylic acids is 1. The number of amides is 1. The summed E-state index contributed by atoms with van der Waals surface area (Å²) in [5, 5.41) is 13.7. The van der Waals surface area contributed by atoms with E-state index in [1.165, 1.54) is 0 Å².